The molecule has 5 nitrogen and oxygen atoms in total. The summed E-state index contributed by atoms with van der Waals surface area (Å²) in [5.74, 6) is -0.349. The Morgan fingerprint density at radius 2 is 1.80 bits per heavy atom. The summed E-state index contributed by atoms with van der Waals surface area (Å²) >= 11 is 11.8. The largest absolute Gasteiger partial charge is 0.376 e. The third-order valence-corrected chi connectivity index (χ3v) is 4.43. The maximum atomic E-state index is 12.1. The van der Waals surface area contributed by atoms with Crippen LogP contribution in [0.1, 0.15) is 23.2 Å². The summed E-state index contributed by atoms with van der Waals surface area (Å²) in [4.78, 5) is 24.1. The minimum atomic E-state index is -0.231. The minimum absolute atomic E-state index is 0.0659. The quantitative estimate of drug-likeness (QED) is 0.713. The zero-order valence-electron chi connectivity index (χ0n) is 13.3. The van der Waals surface area contributed by atoms with Gasteiger partial charge in [-0.3, -0.25) is 9.59 Å². The third-order valence-electron chi connectivity index (χ3n) is 3.69. The number of hydrogen-bond donors (Lipinski definition) is 3. The van der Waals surface area contributed by atoms with E-state index in [1.807, 2.05) is 0 Å². The molecule has 0 aromatic heterocycles. The molecule has 0 unspecified atom stereocenters. The third kappa shape index (κ3) is 5.11. The average Bonchev–Trinajstić information content (AvgIpc) is 3.40. The summed E-state index contributed by atoms with van der Waals surface area (Å²) in [7, 11) is 0. The van der Waals surface area contributed by atoms with Crippen molar-refractivity contribution in [3.8, 4) is 0 Å². The molecule has 2 aromatic carbocycles. The van der Waals surface area contributed by atoms with Crippen molar-refractivity contribution in [2.45, 2.75) is 18.9 Å². The van der Waals surface area contributed by atoms with Gasteiger partial charge >= 0.3 is 0 Å². The van der Waals surface area contributed by atoms with Crippen molar-refractivity contribution in [3.63, 3.8) is 0 Å². The molecule has 2 aromatic rings. The summed E-state index contributed by atoms with van der Waals surface area (Å²) in [6.45, 7) is 0.0659. The predicted octanol–water partition coefficient (Wildman–Crippen LogP) is 3.94. The smallest absolute Gasteiger partial charge is 0.251 e. The summed E-state index contributed by atoms with van der Waals surface area (Å²) in [5.41, 5.74) is 1.80. The molecule has 2 amide bonds. The van der Waals surface area contributed by atoms with Gasteiger partial charge in [0.15, 0.2) is 0 Å². The summed E-state index contributed by atoms with van der Waals surface area (Å²) in [5, 5.41) is 9.53. The SMILES string of the molecule is O=C(CNc1ccc(Cl)c(Cl)c1)Nc1cccc(C(=O)NC2CC2)c1. The van der Waals surface area contributed by atoms with Gasteiger partial charge < -0.3 is 16.0 Å². The van der Waals surface area contributed by atoms with Crippen molar-refractivity contribution in [2.75, 3.05) is 17.2 Å². The predicted molar refractivity (Wildman–Crippen MR) is 101 cm³/mol. The van der Waals surface area contributed by atoms with E-state index in [4.69, 9.17) is 23.2 Å². The molecule has 1 fully saturated rings. The van der Waals surface area contributed by atoms with Crippen LogP contribution in [-0.4, -0.2) is 24.4 Å². The van der Waals surface area contributed by atoms with Gasteiger partial charge in [-0.1, -0.05) is 29.3 Å². The fourth-order valence-electron chi connectivity index (χ4n) is 2.23. The van der Waals surface area contributed by atoms with Crippen molar-refractivity contribution in [1.29, 1.82) is 0 Å². The van der Waals surface area contributed by atoms with Crippen LogP contribution in [0, 0.1) is 0 Å². The van der Waals surface area contributed by atoms with E-state index < -0.39 is 0 Å². The molecule has 1 aliphatic carbocycles. The van der Waals surface area contributed by atoms with Crippen LogP contribution in [0.5, 0.6) is 0 Å². The van der Waals surface area contributed by atoms with Crippen molar-refractivity contribution in [1.82, 2.24) is 5.32 Å². The molecule has 0 saturated heterocycles. The Hall–Kier alpha value is -2.24. The summed E-state index contributed by atoms with van der Waals surface area (Å²) in [6, 6.07) is 12.2. The fourth-order valence-corrected chi connectivity index (χ4v) is 2.53. The lowest BCUT2D eigenvalue weighted by atomic mass is 10.2. The van der Waals surface area contributed by atoms with Crippen LogP contribution in [0.15, 0.2) is 42.5 Å². The fraction of sp³-hybridized carbons (Fsp3) is 0.222. The second kappa shape index (κ2) is 7.76. The van der Waals surface area contributed by atoms with Crippen LogP contribution in [0.3, 0.4) is 0 Å². The highest BCUT2D eigenvalue weighted by molar-refractivity contribution is 6.42. The Morgan fingerprint density at radius 3 is 2.52 bits per heavy atom. The molecule has 25 heavy (non-hydrogen) atoms. The Kier molecular flexibility index (Phi) is 5.46. The van der Waals surface area contributed by atoms with E-state index in [1.165, 1.54) is 0 Å². The molecule has 0 radical (unpaired) electrons. The number of carbonyl (C=O) groups excluding carboxylic acids is 2. The van der Waals surface area contributed by atoms with Crippen LogP contribution in [0.2, 0.25) is 10.0 Å². The molecule has 0 atom stereocenters. The molecule has 0 spiro atoms. The summed E-state index contributed by atoms with van der Waals surface area (Å²) < 4.78 is 0. The Morgan fingerprint density at radius 1 is 1.00 bits per heavy atom. The van der Waals surface area contributed by atoms with Gasteiger partial charge in [0.1, 0.15) is 0 Å². The number of hydrogen-bond acceptors (Lipinski definition) is 3. The van der Waals surface area contributed by atoms with Crippen LogP contribution in [0.4, 0.5) is 11.4 Å². The lowest BCUT2D eigenvalue weighted by molar-refractivity contribution is -0.114. The normalized spacial score (nSPS) is 13.2. The minimum Gasteiger partial charge on any atom is -0.376 e. The number of halogens is 2. The number of anilines is 2. The molecule has 1 saturated carbocycles. The van der Waals surface area contributed by atoms with E-state index in [0.717, 1.165) is 12.8 Å². The van der Waals surface area contributed by atoms with E-state index >= 15 is 0 Å². The van der Waals surface area contributed by atoms with Gasteiger partial charge in [-0.05, 0) is 49.2 Å². The first-order chi connectivity index (χ1) is 12.0. The van der Waals surface area contributed by atoms with Crippen molar-refractivity contribution >= 4 is 46.4 Å². The molecule has 0 heterocycles. The topological polar surface area (TPSA) is 70.2 Å². The number of carbonyl (C=O) groups is 2. The second-order valence-corrected chi connectivity index (χ2v) is 6.67. The Balaban J connectivity index is 1.55. The van der Waals surface area contributed by atoms with Gasteiger partial charge in [0.2, 0.25) is 5.91 Å². The molecule has 0 aliphatic heterocycles. The lowest BCUT2D eigenvalue weighted by Gasteiger charge is -2.10. The first kappa shape index (κ1) is 17.6. The Bertz CT molecular complexity index is 807. The molecule has 7 heteroatoms. The molecule has 3 rings (SSSR count). The van der Waals surface area contributed by atoms with E-state index in [-0.39, 0.29) is 18.4 Å². The average molecular weight is 378 g/mol. The van der Waals surface area contributed by atoms with E-state index in [2.05, 4.69) is 16.0 Å². The van der Waals surface area contributed by atoms with E-state index in [9.17, 15) is 9.59 Å². The first-order valence-corrected chi connectivity index (χ1v) is 8.66. The second-order valence-electron chi connectivity index (χ2n) is 5.86. The number of benzene rings is 2. The van der Waals surface area contributed by atoms with Crippen molar-refractivity contribution < 1.29 is 9.59 Å². The first-order valence-electron chi connectivity index (χ1n) is 7.91. The van der Waals surface area contributed by atoms with Gasteiger partial charge in [-0.2, -0.15) is 0 Å². The van der Waals surface area contributed by atoms with Gasteiger partial charge in [-0.15, -0.1) is 0 Å². The highest BCUT2D eigenvalue weighted by Crippen LogP contribution is 2.25. The monoisotopic (exact) mass is 377 g/mol. The van der Waals surface area contributed by atoms with Crippen molar-refractivity contribution in [3.05, 3.63) is 58.1 Å². The number of amides is 2. The summed E-state index contributed by atoms with van der Waals surface area (Å²) in [6.07, 6.45) is 2.06. The van der Waals surface area contributed by atoms with Crippen LogP contribution in [0.25, 0.3) is 0 Å². The molecular weight excluding hydrogens is 361 g/mol. The molecule has 3 N–H and O–H groups in total. The molecule has 1 aliphatic rings. The van der Waals surface area contributed by atoms with Gasteiger partial charge in [0.25, 0.3) is 5.91 Å². The standard InChI is InChI=1S/C18H17Cl2N3O2/c19-15-7-6-13(9-16(15)20)21-10-17(24)22-14-3-1-2-11(8-14)18(25)23-12-4-5-12/h1-3,6-9,12,21H,4-5,10H2,(H,22,24)(H,23,25). The molecular formula is C18H17Cl2N3O2. The van der Waals surface area contributed by atoms with E-state index in [0.29, 0.717) is 33.0 Å². The van der Waals surface area contributed by atoms with Gasteiger partial charge in [0, 0.05) is 23.0 Å². The zero-order chi connectivity index (χ0) is 17.8. The van der Waals surface area contributed by atoms with Crippen molar-refractivity contribution in [2.24, 2.45) is 0 Å². The van der Waals surface area contributed by atoms with Crippen LogP contribution < -0.4 is 16.0 Å². The van der Waals surface area contributed by atoms with Crippen LogP contribution >= 0.6 is 23.2 Å². The maximum Gasteiger partial charge on any atom is 0.251 e. The number of rotatable bonds is 6. The highest BCUT2D eigenvalue weighted by atomic mass is 35.5. The molecule has 130 valence electrons. The zero-order valence-corrected chi connectivity index (χ0v) is 14.8. The van der Waals surface area contributed by atoms with Gasteiger partial charge in [0.05, 0.1) is 16.6 Å². The lowest BCUT2D eigenvalue weighted by Crippen LogP contribution is -2.26. The van der Waals surface area contributed by atoms with Gasteiger partial charge in [-0.25, -0.2) is 0 Å². The molecule has 0 bridgehead atoms. The number of nitrogens with one attached hydrogen (secondary N) is 3. The van der Waals surface area contributed by atoms with E-state index in [1.54, 1.807) is 42.5 Å². The Labute approximate surface area is 155 Å². The maximum absolute atomic E-state index is 12.1. The van der Waals surface area contributed by atoms with Crippen LogP contribution in [-0.2, 0) is 4.79 Å². The highest BCUT2D eigenvalue weighted by Gasteiger charge is 2.23.